The van der Waals surface area contributed by atoms with Crippen LogP contribution in [0.2, 0.25) is 0 Å². The van der Waals surface area contributed by atoms with Crippen molar-refractivity contribution in [3.63, 3.8) is 0 Å². The van der Waals surface area contributed by atoms with Gasteiger partial charge < -0.3 is 25.2 Å². The molecule has 9 heteroatoms. The number of hydrogen-bond donors (Lipinski definition) is 3. The van der Waals surface area contributed by atoms with Gasteiger partial charge >= 0.3 is 12.0 Å². The monoisotopic (exact) mass is 394 g/mol. The number of aryl methyl sites for hydroxylation is 1. The Bertz CT molecular complexity index is 999. The molecular weight excluding hydrogens is 376 g/mol. The van der Waals surface area contributed by atoms with Crippen molar-refractivity contribution in [2.75, 3.05) is 22.6 Å². The highest BCUT2D eigenvalue weighted by atomic mass is 16.5. The van der Waals surface area contributed by atoms with Gasteiger partial charge in [0.05, 0.1) is 5.56 Å². The first kappa shape index (κ1) is 19.6. The zero-order valence-electron chi connectivity index (χ0n) is 15.5. The van der Waals surface area contributed by atoms with Crippen molar-refractivity contribution >= 4 is 35.1 Å². The van der Waals surface area contributed by atoms with Gasteiger partial charge in [0.2, 0.25) is 0 Å². The van der Waals surface area contributed by atoms with Gasteiger partial charge in [-0.05, 0) is 43.3 Å². The number of nitrogens with zero attached hydrogens (tertiary/aromatic N) is 1. The molecule has 0 spiro atoms. The number of aromatic nitrogens is 1. The number of amides is 3. The zero-order chi connectivity index (χ0) is 20.6. The Labute approximate surface area is 166 Å². The molecule has 3 aromatic rings. The van der Waals surface area contributed by atoms with E-state index in [9.17, 15) is 14.4 Å². The Balaban J connectivity index is 1.46. The smallest absolute Gasteiger partial charge is 0.338 e. The minimum Gasteiger partial charge on any atom is -0.452 e. The van der Waals surface area contributed by atoms with Crippen LogP contribution in [0.5, 0.6) is 0 Å². The number of esters is 1. The largest absolute Gasteiger partial charge is 0.452 e. The number of ether oxygens (including phenoxy) is 1. The molecule has 0 aliphatic rings. The van der Waals surface area contributed by atoms with E-state index in [0.717, 1.165) is 0 Å². The first-order valence-corrected chi connectivity index (χ1v) is 8.63. The molecular formula is C20H18N4O5. The van der Waals surface area contributed by atoms with E-state index in [4.69, 9.17) is 9.26 Å². The van der Waals surface area contributed by atoms with Gasteiger partial charge in [-0.25, -0.2) is 9.59 Å². The summed E-state index contributed by atoms with van der Waals surface area (Å²) in [5.41, 5.74) is 1.39. The second-order valence-corrected chi connectivity index (χ2v) is 5.97. The number of benzene rings is 2. The number of nitrogens with one attached hydrogen (secondary N) is 3. The number of urea groups is 1. The Morgan fingerprint density at radius 2 is 1.59 bits per heavy atom. The maximum Gasteiger partial charge on any atom is 0.338 e. The molecule has 0 saturated heterocycles. The van der Waals surface area contributed by atoms with E-state index in [1.807, 2.05) is 18.2 Å². The van der Waals surface area contributed by atoms with Gasteiger partial charge in [-0.2, -0.15) is 0 Å². The SMILES string of the molecule is Cc1cc(NC(=O)COC(=O)c2ccc(NC(=O)Nc3ccccc3)cc2)no1. The standard InChI is InChI=1S/C20H18N4O5/c1-13-11-17(24-29-13)23-18(25)12-28-19(26)14-7-9-16(10-8-14)22-20(27)21-15-5-3-2-4-6-15/h2-11H,12H2,1H3,(H2,21,22,27)(H,23,24,25). The van der Waals surface area contributed by atoms with Crippen LogP contribution in [-0.4, -0.2) is 29.7 Å². The molecule has 148 valence electrons. The number of carbonyl (C=O) groups excluding carboxylic acids is 3. The third kappa shape index (κ3) is 5.93. The lowest BCUT2D eigenvalue weighted by molar-refractivity contribution is -0.119. The van der Waals surface area contributed by atoms with Gasteiger partial charge in [0, 0.05) is 17.4 Å². The second kappa shape index (κ2) is 9.18. The van der Waals surface area contributed by atoms with Crippen molar-refractivity contribution in [3.05, 3.63) is 72.0 Å². The van der Waals surface area contributed by atoms with Gasteiger partial charge in [-0.15, -0.1) is 0 Å². The van der Waals surface area contributed by atoms with E-state index >= 15 is 0 Å². The zero-order valence-corrected chi connectivity index (χ0v) is 15.5. The molecule has 1 aromatic heterocycles. The number of hydrogen-bond acceptors (Lipinski definition) is 6. The van der Waals surface area contributed by atoms with Crippen molar-refractivity contribution in [3.8, 4) is 0 Å². The lowest BCUT2D eigenvalue weighted by atomic mass is 10.2. The van der Waals surface area contributed by atoms with Crippen LogP contribution in [-0.2, 0) is 9.53 Å². The summed E-state index contributed by atoms with van der Waals surface area (Å²) in [4.78, 5) is 35.8. The lowest BCUT2D eigenvalue weighted by Gasteiger charge is -2.08. The molecule has 29 heavy (non-hydrogen) atoms. The first-order chi connectivity index (χ1) is 14.0. The van der Waals surface area contributed by atoms with Crippen molar-refractivity contribution in [1.29, 1.82) is 0 Å². The molecule has 0 fully saturated rings. The molecule has 0 bridgehead atoms. The quantitative estimate of drug-likeness (QED) is 0.551. The fourth-order valence-electron chi connectivity index (χ4n) is 2.32. The van der Waals surface area contributed by atoms with Crippen molar-refractivity contribution in [2.24, 2.45) is 0 Å². The third-order valence-corrected chi connectivity index (χ3v) is 3.64. The molecule has 0 unspecified atom stereocenters. The summed E-state index contributed by atoms with van der Waals surface area (Å²) >= 11 is 0. The Hall–Kier alpha value is -4.14. The summed E-state index contributed by atoms with van der Waals surface area (Å²) in [6.07, 6.45) is 0. The van der Waals surface area contributed by atoms with Crippen LogP contribution in [0.1, 0.15) is 16.1 Å². The van der Waals surface area contributed by atoms with Crippen LogP contribution in [0.25, 0.3) is 0 Å². The van der Waals surface area contributed by atoms with Crippen LogP contribution < -0.4 is 16.0 Å². The molecule has 0 atom stereocenters. The highest BCUT2D eigenvalue weighted by Crippen LogP contribution is 2.12. The highest BCUT2D eigenvalue weighted by molar-refractivity contribution is 6.00. The number of para-hydroxylation sites is 1. The molecule has 3 amide bonds. The topological polar surface area (TPSA) is 123 Å². The Kier molecular flexibility index (Phi) is 6.21. The first-order valence-electron chi connectivity index (χ1n) is 8.63. The van der Waals surface area contributed by atoms with Gasteiger partial charge in [-0.3, -0.25) is 4.79 Å². The molecule has 3 N–H and O–H groups in total. The van der Waals surface area contributed by atoms with E-state index in [2.05, 4.69) is 21.1 Å². The number of rotatable bonds is 6. The van der Waals surface area contributed by atoms with E-state index in [1.54, 1.807) is 37.3 Å². The third-order valence-electron chi connectivity index (χ3n) is 3.64. The summed E-state index contributed by atoms with van der Waals surface area (Å²) < 4.78 is 9.79. The molecule has 0 aliphatic heterocycles. The molecule has 3 rings (SSSR count). The Morgan fingerprint density at radius 3 is 2.21 bits per heavy atom. The van der Waals surface area contributed by atoms with E-state index in [1.165, 1.54) is 12.1 Å². The summed E-state index contributed by atoms with van der Waals surface area (Å²) in [6, 6.07) is 16.2. The van der Waals surface area contributed by atoms with Gasteiger partial charge in [0.15, 0.2) is 12.4 Å². The average Bonchev–Trinajstić information content (AvgIpc) is 3.12. The van der Waals surface area contributed by atoms with E-state index < -0.39 is 24.5 Å². The van der Waals surface area contributed by atoms with E-state index in [-0.39, 0.29) is 11.4 Å². The normalized spacial score (nSPS) is 10.1. The predicted molar refractivity (Wildman–Crippen MR) is 106 cm³/mol. The molecule has 0 radical (unpaired) electrons. The van der Waals surface area contributed by atoms with Crippen molar-refractivity contribution < 1.29 is 23.6 Å². The lowest BCUT2D eigenvalue weighted by Crippen LogP contribution is -2.21. The van der Waals surface area contributed by atoms with Crippen molar-refractivity contribution in [2.45, 2.75) is 6.92 Å². The van der Waals surface area contributed by atoms with Crippen LogP contribution >= 0.6 is 0 Å². The molecule has 9 nitrogen and oxygen atoms in total. The fraction of sp³-hybridized carbons (Fsp3) is 0.100. The minimum atomic E-state index is -0.670. The highest BCUT2D eigenvalue weighted by Gasteiger charge is 2.12. The summed E-state index contributed by atoms with van der Waals surface area (Å²) in [5, 5.41) is 11.4. The average molecular weight is 394 g/mol. The van der Waals surface area contributed by atoms with Crippen LogP contribution in [0.15, 0.2) is 65.2 Å². The van der Waals surface area contributed by atoms with Crippen LogP contribution in [0.4, 0.5) is 22.0 Å². The van der Waals surface area contributed by atoms with Gasteiger partial charge in [0.1, 0.15) is 5.76 Å². The fourth-order valence-corrected chi connectivity index (χ4v) is 2.32. The molecule has 1 heterocycles. The number of carbonyl (C=O) groups is 3. The molecule has 0 saturated carbocycles. The summed E-state index contributed by atoms with van der Waals surface area (Å²) in [7, 11) is 0. The number of anilines is 3. The Morgan fingerprint density at radius 1 is 0.931 bits per heavy atom. The predicted octanol–water partition coefficient (Wildman–Crippen LogP) is 3.42. The van der Waals surface area contributed by atoms with Crippen molar-refractivity contribution in [1.82, 2.24) is 5.16 Å². The van der Waals surface area contributed by atoms with Gasteiger partial charge in [-0.1, -0.05) is 23.4 Å². The summed E-state index contributed by atoms with van der Waals surface area (Å²) in [6.45, 7) is 1.22. The minimum absolute atomic E-state index is 0.240. The molecule has 2 aromatic carbocycles. The van der Waals surface area contributed by atoms with Gasteiger partial charge in [0.25, 0.3) is 5.91 Å². The maximum atomic E-state index is 12.0. The molecule has 0 aliphatic carbocycles. The maximum absolute atomic E-state index is 12.0. The van der Waals surface area contributed by atoms with Crippen LogP contribution in [0, 0.1) is 6.92 Å². The van der Waals surface area contributed by atoms with E-state index in [0.29, 0.717) is 17.1 Å². The van der Waals surface area contributed by atoms with Crippen LogP contribution in [0.3, 0.4) is 0 Å². The summed E-state index contributed by atoms with van der Waals surface area (Å²) in [5.74, 6) is -0.421. The second-order valence-electron chi connectivity index (χ2n) is 5.97.